The largest absolute Gasteiger partial charge is 0.381 e. The van der Waals surface area contributed by atoms with Gasteiger partial charge in [-0.2, -0.15) is 0 Å². The summed E-state index contributed by atoms with van der Waals surface area (Å²) in [5.41, 5.74) is 0.0111. The zero-order valence-corrected chi connectivity index (χ0v) is 7.34. The lowest BCUT2D eigenvalue weighted by Crippen LogP contribution is -2.31. The van der Waals surface area contributed by atoms with Gasteiger partial charge in [0.25, 0.3) is 5.70 Å². The Kier molecular flexibility index (Phi) is 3.04. The van der Waals surface area contributed by atoms with Gasteiger partial charge in [-0.3, -0.25) is 10.1 Å². The van der Waals surface area contributed by atoms with Crippen LogP contribution in [0.25, 0.3) is 0 Å². The molecule has 64 valence electrons. The fourth-order valence-electron chi connectivity index (χ4n) is 0.374. The second-order valence-corrected chi connectivity index (χ2v) is 3.44. The van der Waals surface area contributed by atoms with Crippen LogP contribution in [0.3, 0.4) is 0 Å². The SMILES string of the molecule is C/C(=C/NC(C)(C)C)[N+](=O)[O-]. The van der Waals surface area contributed by atoms with Crippen molar-refractivity contribution >= 4 is 0 Å². The summed E-state index contributed by atoms with van der Waals surface area (Å²) < 4.78 is 0. The third-order valence-corrected chi connectivity index (χ3v) is 1.00. The van der Waals surface area contributed by atoms with Crippen LogP contribution in [-0.2, 0) is 0 Å². The molecule has 4 nitrogen and oxygen atoms in total. The minimum atomic E-state index is -0.418. The molecule has 0 fully saturated rings. The molecule has 0 aliphatic heterocycles. The molecule has 0 rings (SSSR count). The summed E-state index contributed by atoms with van der Waals surface area (Å²) in [5.74, 6) is 0. The first-order chi connectivity index (χ1) is 4.83. The second kappa shape index (κ2) is 3.37. The molecule has 0 radical (unpaired) electrons. The van der Waals surface area contributed by atoms with Crippen LogP contribution in [0, 0.1) is 10.1 Å². The van der Waals surface area contributed by atoms with Crippen LogP contribution in [0.15, 0.2) is 11.9 Å². The maximum atomic E-state index is 10.1. The van der Waals surface area contributed by atoms with E-state index in [-0.39, 0.29) is 11.2 Å². The van der Waals surface area contributed by atoms with Crippen molar-refractivity contribution in [1.82, 2.24) is 5.32 Å². The van der Waals surface area contributed by atoms with E-state index in [0.29, 0.717) is 0 Å². The van der Waals surface area contributed by atoms with Crippen LogP contribution in [-0.4, -0.2) is 10.5 Å². The lowest BCUT2D eigenvalue weighted by Gasteiger charge is -2.17. The quantitative estimate of drug-likeness (QED) is 0.489. The maximum absolute atomic E-state index is 10.1. The van der Waals surface area contributed by atoms with Gasteiger partial charge in [0.05, 0.1) is 11.1 Å². The number of hydrogen-bond donors (Lipinski definition) is 1. The Morgan fingerprint density at radius 1 is 1.55 bits per heavy atom. The van der Waals surface area contributed by atoms with Gasteiger partial charge in [0.15, 0.2) is 0 Å². The van der Waals surface area contributed by atoms with Crippen molar-refractivity contribution < 1.29 is 4.92 Å². The van der Waals surface area contributed by atoms with Crippen molar-refractivity contribution in [3.05, 3.63) is 22.0 Å². The van der Waals surface area contributed by atoms with Gasteiger partial charge < -0.3 is 5.32 Å². The molecule has 1 N–H and O–H groups in total. The molecule has 0 atom stereocenters. The smallest absolute Gasteiger partial charge is 0.258 e. The summed E-state index contributed by atoms with van der Waals surface area (Å²) in [6.07, 6.45) is 1.42. The number of nitro groups is 1. The zero-order chi connectivity index (χ0) is 9.07. The summed E-state index contributed by atoms with van der Waals surface area (Å²) in [6.45, 7) is 7.28. The summed E-state index contributed by atoms with van der Waals surface area (Å²) in [5, 5.41) is 13.0. The maximum Gasteiger partial charge on any atom is 0.258 e. The van der Waals surface area contributed by atoms with Crippen molar-refractivity contribution in [2.45, 2.75) is 33.2 Å². The Balaban J connectivity index is 4.04. The minimum Gasteiger partial charge on any atom is -0.381 e. The molecule has 11 heavy (non-hydrogen) atoms. The van der Waals surface area contributed by atoms with Gasteiger partial charge in [-0.05, 0) is 20.8 Å². The highest BCUT2D eigenvalue weighted by Crippen LogP contribution is 1.99. The predicted molar refractivity (Wildman–Crippen MR) is 43.6 cm³/mol. The van der Waals surface area contributed by atoms with Crippen LogP contribution in [0.1, 0.15) is 27.7 Å². The molecule has 4 heteroatoms. The van der Waals surface area contributed by atoms with Gasteiger partial charge >= 0.3 is 0 Å². The first kappa shape index (κ1) is 9.94. The van der Waals surface area contributed by atoms with E-state index >= 15 is 0 Å². The second-order valence-electron chi connectivity index (χ2n) is 3.44. The Morgan fingerprint density at radius 3 is 2.27 bits per heavy atom. The van der Waals surface area contributed by atoms with Gasteiger partial charge in [-0.25, -0.2) is 0 Å². The molecule has 0 unspecified atom stereocenters. The average Bonchev–Trinajstić information content (AvgIpc) is 1.80. The highest BCUT2D eigenvalue weighted by molar-refractivity contribution is 4.89. The van der Waals surface area contributed by atoms with E-state index in [1.54, 1.807) is 0 Å². The van der Waals surface area contributed by atoms with Crippen molar-refractivity contribution in [3.8, 4) is 0 Å². The van der Waals surface area contributed by atoms with Gasteiger partial charge in [-0.1, -0.05) is 0 Å². The predicted octanol–water partition coefficient (Wildman–Crippen LogP) is 1.51. The number of nitrogens with one attached hydrogen (secondary N) is 1. The molecular weight excluding hydrogens is 144 g/mol. The normalized spacial score (nSPS) is 12.9. The molecule has 0 spiro atoms. The van der Waals surface area contributed by atoms with Crippen LogP contribution in [0.5, 0.6) is 0 Å². The first-order valence-electron chi connectivity index (χ1n) is 3.42. The van der Waals surface area contributed by atoms with E-state index in [2.05, 4.69) is 5.32 Å². The number of rotatable bonds is 2. The van der Waals surface area contributed by atoms with Gasteiger partial charge in [0, 0.05) is 12.5 Å². The highest BCUT2D eigenvalue weighted by Gasteiger charge is 2.08. The van der Waals surface area contributed by atoms with Crippen molar-refractivity contribution in [3.63, 3.8) is 0 Å². The van der Waals surface area contributed by atoms with Gasteiger partial charge in [0.1, 0.15) is 0 Å². The van der Waals surface area contributed by atoms with E-state index in [4.69, 9.17) is 0 Å². The molecule has 0 amide bonds. The summed E-state index contributed by atoms with van der Waals surface area (Å²) in [6, 6.07) is 0. The molecule has 0 bridgehead atoms. The lowest BCUT2D eigenvalue weighted by molar-refractivity contribution is -0.424. The van der Waals surface area contributed by atoms with E-state index in [0.717, 1.165) is 0 Å². The standard InChI is InChI=1S/C7H14N2O2/c1-6(9(10)11)5-8-7(2,3)4/h5,8H,1-4H3/b6-5-. The molecule has 0 aliphatic carbocycles. The minimum absolute atomic E-state index is 0.114. The molecule has 0 aromatic carbocycles. The Labute approximate surface area is 66.4 Å². The summed E-state index contributed by atoms with van der Waals surface area (Å²) in [7, 11) is 0. The molecule has 0 saturated heterocycles. The van der Waals surface area contributed by atoms with Crippen molar-refractivity contribution in [2.24, 2.45) is 0 Å². The average molecular weight is 158 g/mol. The number of nitrogens with zero attached hydrogens (tertiary/aromatic N) is 1. The lowest BCUT2D eigenvalue weighted by atomic mass is 10.1. The molecule has 0 heterocycles. The van der Waals surface area contributed by atoms with Gasteiger partial charge in [0.2, 0.25) is 0 Å². The fraction of sp³-hybridized carbons (Fsp3) is 0.714. The summed E-state index contributed by atoms with van der Waals surface area (Å²) in [4.78, 5) is 9.70. The van der Waals surface area contributed by atoms with E-state index < -0.39 is 4.92 Å². The topological polar surface area (TPSA) is 55.2 Å². The Hall–Kier alpha value is -1.06. The molecule has 0 aliphatic rings. The van der Waals surface area contributed by atoms with Crippen LogP contribution >= 0.6 is 0 Å². The van der Waals surface area contributed by atoms with Crippen molar-refractivity contribution in [1.29, 1.82) is 0 Å². The zero-order valence-electron chi connectivity index (χ0n) is 7.34. The van der Waals surface area contributed by atoms with Crippen LogP contribution in [0.2, 0.25) is 0 Å². The molecule has 0 aromatic rings. The van der Waals surface area contributed by atoms with Crippen LogP contribution in [0.4, 0.5) is 0 Å². The van der Waals surface area contributed by atoms with Gasteiger partial charge in [-0.15, -0.1) is 0 Å². The summed E-state index contributed by atoms with van der Waals surface area (Å²) >= 11 is 0. The van der Waals surface area contributed by atoms with Crippen LogP contribution < -0.4 is 5.32 Å². The van der Waals surface area contributed by atoms with E-state index in [9.17, 15) is 10.1 Å². The third-order valence-electron chi connectivity index (χ3n) is 1.00. The number of allylic oxidation sites excluding steroid dienone is 1. The monoisotopic (exact) mass is 158 g/mol. The first-order valence-corrected chi connectivity index (χ1v) is 3.42. The fourth-order valence-corrected chi connectivity index (χ4v) is 0.374. The molecule has 0 saturated carbocycles. The van der Waals surface area contributed by atoms with E-state index in [1.807, 2.05) is 20.8 Å². The van der Waals surface area contributed by atoms with Crippen molar-refractivity contribution in [2.75, 3.05) is 0 Å². The molecular formula is C7H14N2O2. The number of hydrogen-bond acceptors (Lipinski definition) is 3. The Morgan fingerprint density at radius 2 is 2.00 bits per heavy atom. The van der Waals surface area contributed by atoms with E-state index in [1.165, 1.54) is 13.1 Å². The highest BCUT2D eigenvalue weighted by atomic mass is 16.6. The Bertz CT molecular complexity index is 179. The molecule has 0 aromatic heterocycles. The third kappa shape index (κ3) is 5.39.